The van der Waals surface area contributed by atoms with Crippen molar-refractivity contribution in [3.63, 3.8) is 0 Å². The second kappa shape index (κ2) is 4.54. The molecule has 17 heavy (non-hydrogen) atoms. The van der Waals surface area contributed by atoms with Crippen molar-refractivity contribution in [1.82, 2.24) is 5.32 Å². The Morgan fingerprint density at radius 2 is 2.00 bits per heavy atom. The highest BCUT2D eigenvalue weighted by Crippen LogP contribution is 2.38. The van der Waals surface area contributed by atoms with Gasteiger partial charge in [-0.1, -0.05) is 18.2 Å². The van der Waals surface area contributed by atoms with E-state index in [1.54, 1.807) is 7.11 Å². The summed E-state index contributed by atoms with van der Waals surface area (Å²) in [5.41, 5.74) is 1.50. The lowest BCUT2D eigenvalue weighted by molar-refractivity contribution is 0.370. The van der Waals surface area contributed by atoms with E-state index in [2.05, 4.69) is 38.2 Å². The number of ether oxygens (including phenoxy) is 1. The minimum Gasteiger partial charge on any atom is -0.496 e. The molecule has 94 valence electrons. The van der Waals surface area contributed by atoms with Crippen LogP contribution in [0.3, 0.4) is 0 Å². The largest absolute Gasteiger partial charge is 0.496 e. The van der Waals surface area contributed by atoms with Crippen LogP contribution in [-0.4, -0.2) is 23.3 Å². The molecule has 1 N–H and O–H groups in total. The topological polar surface area (TPSA) is 21.3 Å². The van der Waals surface area contributed by atoms with Crippen LogP contribution in [-0.2, 0) is 6.42 Å². The van der Waals surface area contributed by atoms with Crippen LogP contribution < -0.4 is 10.1 Å². The molecule has 3 heteroatoms. The van der Waals surface area contributed by atoms with Crippen LogP contribution in [0.5, 0.6) is 5.75 Å². The molecular weight excluding hydrogens is 230 g/mol. The van der Waals surface area contributed by atoms with E-state index in [0.717, 1.165) is 17.9 Å². The average molecular weight is 251 g/mol. The molecule has 2 rings (SSSR count). The Bertz CT molecular complexity index is 405. The van der Waals surface area contributed by atoms with Gasteiger partial charge in [0.15, 0.2) is 0 Å². The Balaban J connectivity index is 2.16. The summed E-state index contributed by atoms with van der Waals surface area (Å²) < 4.78 is 5.42. The molecule has 0 bridgehead atoms. The van der Waals surface area contributed by atoms with Gasteiger partial charge < -0.3 is 4.74 Å². The lowest BCUT2D eigenvalue weighted by atomic mass is 10.0. The molecule has 0 saturated carbocycles. The highest BCUT2D eigenvalue weighted by atomic mass is 32.2. The molecule has 1 aliphatic heterocycles. The van der Waals surface area contributed by atoms with Crippen molar-refractivity contribution >= 4 is 11.8 Å². The van der Waals surface area contributed by atoms with Gasteiger partial charge in [0.05, 0.1) is 12.0 Å². The van der Waals surface area contributed by atoms with Crippen molar-refractivity contribution in [2.24, 2.45) is 0 Å². The molecule has 0 amide bonds. The molecular formula is C14H21NOS. The van der Waals surface area contributed by atoms with Crippen LogP contribution in [0.15, 0.2) is 24.3 Å². The first-order valence-corrected chi connectivity index (χ1v) is 6.98. The third-order valence-electron chi connectivity index (χ3n) is 3.07. The van der Waals surface area contributed by atoms with Crippen LogP contribution in [0.1, 0.15) is 26.3 Å². The Labute approximate surface area is 108 Å². The third-order valence-corrected chi connectivity index (χ3v) is 4.82. The van der Waals surface area contributed by atoms with Crippen molar-refractivity contribution in [2.45, 2.75) is 37.6 Å². The first-order chi connectivity index (χ1) is 7.94. The zero-order valence-electron chi connectivity index (χ0n) is 11.0. The van der Waals surface area contributed by atoms with E-state index in [1.165, 1.54) is 5.56 Å². The van der Waals surface area contributed by atoms with Gasteiger partial charge in [-0.15, -0.1) is 11.8 Å². The summed E-state index contributed by atoms with van der Waals surface area (Å²) in [7, 11) is 1.74. The summed E-state index contributed by atoms with van der Waals surface area (Å²) in [6, 6.07) is 8.27. The molecule has 1 unspecified atom stereocenters. The minimum absolute atomic E-state index is 0.109. The second-order valence-corrected chi connectivity index (χ2v) is 7.00. The van der Waals surface area contributed by atoms with E-state index in [1.807, 2.05) is 23.9 Å². The Morgan fingerprint density at radius 3 is 2.59 bits per heavy atom. The molecule has 0 spiro atoms. The number of para-hydroxylation sites is 1. The van der Waals surface area contributed by atoms with E-state index in [9.17, 15) is 0 Å². The van der Waals surface area contributed by atoms with Gasteiger partial charge in [-0.05, 0) is 32.4 Å². The van der Waals surface area contributed by atoms with Crippen LogP contribution in [0, 0.1) is 0 Å². The molecule has 0 aliphatic carbocycles. The second-order valence-electron chi connectivity index (χ2n) is 5.52. The predicted molar refractivity (Wildman–Crippen MR) is 74.8 cm³/mol. The van der Waals surface area contributed by atoms with Crippen molar-refractivity contribution in [3.05, 3.63) is 29.8 Å². The summed E-state index contributed by atoms with van der Waals surface area (Å²) >= 11 is 2.00. The fourth-order valence-corrected chi connectivity index (χ4v) is 3.79. The maximum atomic E-state index is 5.42. The normalized spacial score (nSPS) is 27.1. The molecule has 1 heterocycles. The van der Waals surface area contributed by atoms with Gasteiger partial charge in [-0.25, -0.2) is 0 Å². The lowest BCUT2D eigenvalue weighted by Gasteiger charge is -2.28. The molecule has 1 aliphatic rings. The van der Waals surface area contributed by atoms with Gasteiger partial charge in [0.1, 0.15) is 5.75 Å². The Hall–Kier alpha value is -0.670. The van der Waals surface area contributed by atoms with Gasteiger partial charge in [-0.3, -0.25) is 5.32 Å². The van der Waals surface area contributed by atoms with E-state index < -0.39 is 0 Å². The highest BCUT2D eigenvalue weighted by Gasteiger charge is 2.39. The number of hydrogen-bond donors (Lipinski definition) is 1. The fourth-order valence-electron chi connectivity index (χ4n) is 2.44. The predicted octanol–water partition coefficient (Wildman–Crippen LogP) is 3.07. The standard InChI is InChI=1S/C14H21NOS/c1-13(2)10-17-14(3,15-13)9-11-7-5-6-8-12(11)16-4/h5-8,15H,9-10H2,1-4H3. The minimum atomic E-state index is 0.109. The summed E-state index contributed by atoms with van der Waals surface area (Å²) in [5.74, 6) is 2.14. The Morgan fingerprint density at radius 1 is 1.29 bits per heavy atom. The zero-order valence-corrected chi connectivity index (χ0v) is 11.9. The number of nitrogens with one attached hydrogen (secondary N) is 1. The van der Waals surface area contributed by atoms with Gasteiger partial charge >= 0.3 is 0 Å². The average Bonchev–Trinajstić information content (AvgIpc) is 2.53. The monoisotopic (exact) mass is 251 g/mol. The zero-order chi connectivity index (χ0) is 12.5. The van der Waals surface area contributed by atoms with Gasteiger partial charge in [0.25, 0.3) is 0 Å². The molecule has 0 radical (unpaired) electrons. The third kappa shape index (κ3) is 2.96. The van der Waals surface area contributed by atoms with Crippen LogP contribution in [0.25, 0.3) is 0 Å². The number of rotatable bonds is 3. The van der Waals surface area contributed by atoms with Crippen LogP contribution >= 0.6 is 11.8 Å². The summed E-state index contributed by atoms with van der Waals surface area (Å²) in [6.07, 6.45) is 0.991. The first-order valence-electron chi connectivity index (χ1n) is 5.99. The van der Waals surface area contributed by atoms with Crippen LogP contribution in [0.2, 0.25) is 0 Å². The highest BCUT2D eigenvalue weighted by molar-refractivity contribution is 8.00. The van der Waals surface area contributed by atoms with Crippen molar-refractivity contribution in [1.29, 1.82) is 0 Å². The molecule has 2 nitrogen and oxygen atoms in total. The van der Waals surface area contributed by atoms with Crippen molar-refractivity contribution < 1.29 is 4.74 Å². The lowest BCUT2D eigenvalue weighted by Crippen LogP contribution is -2.46. The van der Waals surface area contributed by atoms with Crippen LogP contribution in [0.4, 0.5) is 0 Å². The van der Waals surface area contributed by atoms with Crippen molar-refractivity contribution in [2.75, 3.05) is 12.9 Å². The maximum Gasteiger partial charge on any atom is 0.122 e. The maximum absolute atomic E-state index is 5.42. The number of thioether (sulfide) groups is 1. The van der Waals surface area contributed by atoms with Crippen molar-refractivity contribution in [3.8, 4) is 5.75 Å². The quantitative estimate of drug-likeness (QED) is 0.892. The van der Waals surface area contributed by atoms with Gasteiger partial charge in [-0.2, -0.15) is 0 Å². The SMILES string of the molecule is COc1ccccc1CC1(C)NC(C)(C)CS1. The van der Waals surface area contributed by atoms with E-state index in [4.69, 9.17) is 4.74 Å². The smallest absolute Gasteiger partial charge is 0.122 e. The summed E-state index contributed by atoms with van der Waals surface area (Å²) in [4.78, 5) is 0.109. The van der Waals surface area contributed by atoms with Gasteiger partial charge in [0, 0.05) is 17.7 Å². The summed E-state index contributed by atoms with van der Waals surface area (Å²) in [5, 5.41) is 3.71. The molecule has 1 aromatic rings. The number of hydrogen-bond acceptors (Lipinski definition) is 3. The first kappa shape index (κ1) is 12.8. The molecule has 0 aromatic heterocycles. The molecule has 1 atom stereocenters. The number of benzene rings is 1. The van der Waals surface area contributed by atoms with E-state index >= 15 is 0 Å². The van der Waals surface area contributed by atoms with E-state index in [0.29, 0.717) is 0 Å². The van der Waals surface area contributed by atoms with E-state index in [-0.39, 0.29) is 10.4 Å². The molecule has 1 aromatic carbocycles. The number of methoxy groups -OCH3 is 1. The molecule has 1 saturated heterocycles. The summed E-state index contributed by atoms with van der Waals surface area (Å²) in [6.45, 7) is 6.79. The molecule has 1 fully saturated rings. The Kier molecular flexibility index (Phi) is 3.41. The fraction of sp³-hybridized carbons (Fsp3) is 0.571. The van der Waals surface area contributed by atoms with Gasteiger partial charge in [0.2, 0.25) is 0 Å².